The second kappa shape index (κ2) is 7.91. The molecule has 1 unspecified atom stereocenters. The third-order valence-electron chi connectivity index (χ3n) is 1.15. The average Bonchev–Trinajstić information content (AvgIpc) is 2.06. The van der Waals surface area contributed by atoms with Gasteiger partial charge in [0.2, 0.25) is 0 Å². The number of hydrogen-bond donors (Lipinski definition) is 0. The summed E-state index contributed by atoms with van der Waals surface area (Å²) in [6.45, 7) is 3.91. The second-order valence-corrected chi connectivity index (χ2v) is 2.91. The van der Waals surface area contributed by atoms with Crippen LogP contribution in [0.1, 0.15) is 12.5 Å². The standard InChI is InChI=1S/C7H8.C2H6O3S/c1-7-5-3-2-4-6-7;1-2-5-6(3)4/h2-6H,1H3;2H2,1H3,(H,3,4)/p-1. The molecule has 0 radical (unpaired) electrons. The molecule has 1 atom stereocenters. The molecular weight excluding hydrogens is 188 g/mol. The quantitative estimate of drug-likeness (QED) is 0.686. The Balaban J connectivity index is 0.000000226. The summed E-state index contributed by atoms with van der Waals surface area (Å²) >= 11 is -2.32. The van der Waals surface area contributed by atoms with Gasteiger partial charge in [0, 0.05) is 0 Å². The summed E-state index contributed by atoms with van der Waals surface area (Å²) in [6, 6.07) is 10.3. The van der Waals surface area contributed by atoms with Crippen LogP contribution in [0.15, 0.2) is 30.3 Å². The van der Waals surface area contributed by atoms with Crippen LogP contribution in [0.5, 0.6) is 0 Å². The summed E-state index contributed by atoms with van der Waals surface area (Å²) in [5, 5.41) is 0. The molecule has 0 saturated carbocycles. The molecule has 0 aliphatic rings. The molecule has 0 bridgehead atoms. The molecular formula is C9H13O3S-. The van der Waals surface area contributed by atoms with Gasteiger partial charge in [-0.25, -0.2) is 4.21 Å². The lowest BCUT2D eigenvalue weighted by molar-refractivity contribution is 0.318. The largest absolute Gasteiger partial charge is 0.750 e. The fraction of sp³-hybridized carbons (Fsp3) is 0.333. The van der Waals surface area contributed by atoms with Gasteiger partial charge in [-0.15, -0.1) is 0 Å². The molecule has 0 aromatic heterocycles. The van der Waals surface area contributed by atoms with E-state index in [2.05, 4.69) is 23.2 Å². The van der Waals surface area contributed by atoms with Gasteiger partial charge in [0.15, 0.2) is 0 Å². The highest BCUT2D eigenvalue weighted by Crippen LogP contribution is 1.92. The van der Waals surface area contributed by atoms with Gasteiger partial charge in [-0.05, 0) is 13.8 Å². The second-order valence-electron chi connectivity index (χ2n) is 2.27. The van der Waals surface area contributed by atoms with Crippen LogP contribution in [-0.2, 0) is 15.5 Å². The fourth-order valence-corrected chi connectivity index (χ4v) is 0.823. The van der Waals surface area contributed by atoms with Gasteiger partial charge in [-0.2, -0.15) is 0 Å². The minimum atomic E-state index is -2.32. The summed E-state index contributed by atoms with van der Waals surface area (Å²) in [4.78, 5) is 0. The maximum atomic E-state index is 9.38. The molecule has 4 heteroatoms. The predicted octanol–water partition coefficient (Wildman–Crippen LogP) is 1.81. The number of benzene rings is 1. The van der Waals surface area contributed by atoms with E-state index in [0.717, 1.165) is 0 Å². The lowest BCUT2D eigenvalue weighted by atomic mass is 10.2. The van der Waals surface area contributed by atoms with Gasteiger partial charge in [-0.3, -0.25) is 0 Å². The van der Waals surface area contributed by atoms with Crippen molar-refractivity contribution < 1.29 is 12.9 Å². The van der Waals surface area contributed by atoms with Crippen LogP contribution in [0.2, 0.25) is 0 Å². The van der Waals surface area contributed by atoms with Crippen molar-refractivity contribution in [3.8, 4) is 0 Å². The van der Waals surface area contributed by atoms with E-state index < -0.39 is 11.4 Å². The number of aryl methyl sites for hydroxylation is 1. The highest BCUT2D eigenvalue weighted by Gasteiger charge is 1.72. The van der Waals surface area contributed by atoms with Crippen LogP contribution < -0.4 is 0 Å². The van der Waals surface area contributed by atoms with E-state index in [-0.39, 0.29) is 6.61 Å². The van der Waals surface area contributed by atoms with Gasteiger partial charge < -0.3 is 8.74 Å². The Labute approximate surface area is 81.2 Å². The van der Waals surface area contributed by atoms with Gasteiger partial charge in [0.25, 0.3) is 0 Å². The maximum absolute atomic E-state index is 9.38. The van der Waals surface area contributed by atoms with Crippen molar-refractivity contribution in [1.29, 1.82) is 0 Å². The maximum Gasteiger partial charge on any atom is 0.0841 e. The topological polar surface area (TPSA) is 49.4 Å². The van der Waals surface area contributed by atoms with Crippen LogP contribution in [0.25, 0.3) is 0 Å². The van der Waals surface area contributed by atoms with Crippen molar-refractivity contribution >= 4 is 11.4 Å². The predicted molar refractivity (Wildman–Crippen MR) is 51.7 cm³/mol. The molecule has 0 spiro atoms. The highest BCUT2D eigenvalue weighted by atomic mass is 32.2. The molecule has 0 heterocycles. The van der Waals surface area contributed by atoms with Crippen molar-refractivity contribution in [3.63, 3.8) is 0 Å². The Morgan fingerprint density at radius 1 is 1.38 bits per heavy atom. The molecule has 0 saturated heterocycles. The zero-order valence-electron chi connectivity index (χ0n) is 7.73. The van der Waals surface area contributed by atoms with E-state index in [1.807, 2.05) is 18.2 Å². The summed E-state index contributed by atoms with van der Waals surface area (Å²) in [7, 11) is 0. The average molecular weight is 201 g/mol. The lowest BCUT2D eigenvalue weighted by Crippen LogP contribution is -1.92. The Morgan fingerprint density at radius 3 is 2.08 bits per heavy atom. The van der Waals surface area contributed by atoms with Crippen LogP contribution in [-0.4, -0.2) is 15.4 Å². The zero-order valence-corrected chi connectivity index (χ0v) is 8.54. The first-order chi connectivity index (χ1) is 6.16. The third-order valence-corrected chi connectivity index (χ3v) is 1.58. The van der Waals surface area contributed by atoms with Gasteiger partial charge >= 0.3 is 0 Å². The van der Waals surface area contributed by atoms with Crippen LogP contribution in [0.3, 0.4) is 0 Å². The minimum Gasteiger partial charge on any atom is -0.750 e. The minimum absolute atomic E-state index is 0.218. The van der Waals surface area contributed by atoms with E-state index in [4.69, 9.17) is 0 Å². The number of hydrogen-bond acceptors (Lipinski definition) is 3. The molecule has 0 fully saturated rings. The Kier molecular flexibility index (Phi) is 7.48. The normalized spacial score (nSPS) is 11.3. The molecule has 3 nitrogen and oxygen atoms in total. The number of rotatable bonds is 2. The van der Waals surface area contributed by atoms with E-state index in [1.54, 1.807) is 6.92 Å². The van der Waals surface area contributed by atoms with Gasteiger partial charge in [0.05, 0.1) is 18.0 Å². The first-order valence-corrected chi connectivity index (χ1v) is 4.91. The molecule has 0 amide bonds. The van der Waals surface area contributed by atoms with Crippen molar-refractivity contribution in [3.05, 3.63) is 35.9 Å². The first-order valence-electron chi connectivity index (χ1n) is 3.91. The Hall–Kier alpha value is -0.710. The molecule has 1 rings (SSSR count). The lowest BCUT2D eigenvalue weighted by Gasteiger charge is -1.98. The molecule has 1 aromatic carbocycles. The molecule has 0 aliphatic carbocycles. The SMILES string of the molecule is CCOS(=O)[O-].Cc1ccccc1. The highest BCUT2D eigenvalue weighted by molar-refractivity contribution is 7.74. The zero-order chi connectivity index (χ0) is 10.1. The molecule has 13 heavy (non-hydrogen) atoms. The molecule has 74 valence electrons. The molecule has 1 aromatic rings. The van der Waals surface area contributed by atoms with E-state index in [0.29, 0.717) is 0 Å². The Bertz CT molecular complexity index is 236. The van der Waals surface area contributed by atoms with Gasteiger partial charge in [0.1, 0.15) is 0 Å². The first kappa shape index (κ1) is 12.3. The van der Waals surface area contributed by atoms with Crippen molar-refractivity contribution in [2.45, 2.75) is 13.8 Å². The van der Waals surface area contributed by atoms with E-state index in [1.165, 1.54) is 5.56 Å². The third kappa shape index (κ3) is 9.20. The summed E-state index contributed by atoms with van der Waals surface area (Å²) < 4.78 is 22.7. The smallest absolute Gasteiger partial charge is 0.0841 e. The van der Waals surface area contributed by atoms with Crippen molar-refractivity contribution in [2.75, 3.05) is 6.61 Å². The molecule has 0 N–H and O–H groups in total. The van der Waals surface area contributed by atoms with Crippen LogP contribution in [0.4, 0.5) is 0 Å². The van der Waals surface area contributed by atoms with Crippen LogP contribution >= 0.6 is 0 Å². The Morgan fingerprint density at radius 2 is 1.92 bits per heavy atom. The van der Waals surface area contributed by atoms with E-state index >= 15 is 0 Å². The van der Waals surface area contributed by atoms with E-state index in [9.17, 15) is 8.76 Å². The summed E-state index contributed by atoms with van der Waals surface area (Å²) in [5.41, 5.74) is 1.32. The van der Waals surface area contributed by atoms with Crippen molar-refractivity contribution in [2.24, 2.45) is 0 Å². The van der Waals surface area contributed by atoms with Gasteiger partial charge in [-0.1, -0.05) is 35.9 Å². The summed E-state index contributed by atoms with van der Waals surface area (Å²) in [6.07, 6.45) is 0. The van der Waals surface area contributed by atoms with Crippen LogP contribution in [0, 0.1) is 6.92 Å². The molecule has 0 aliphatic heterocycles. The fourth-order valence-electron chi connectivity index (χ4n) is 0.631. The van der Waals surface area contributed by atoms with Crippen molar-refractivity contribution in [1.82, 2.24) is 0 Å². The summed E-state index contributed by atoms with van der Waals surface area (Å²) in [5.74, 6) is 0. The monoisotopic (exact) mass is 201 g/mol.